The topological polar surface area (TPSA) is 34.0 Å². The number of hydrogen-bond donors (Lipinski definition) is 1. The molecule has 1 N–H and O–H groups in total. The van der Waals surface area contributed by atoms with Crippen molar-refractivity contribution in [2.45, 2.75) is 65.1 Å². The molecule has 0 radical (unpaired) electrons. The smallest absolute Gasteiger partial charge is 0.255 e. The maximum absolute atomic E-state index is 12.4. The van der Waals surface area contributed by atoms with Crippen molar-refractivity contribution in [3.63, 3.8) is 0 Å². The van der Waals surface area contributed by atoms with Gasteiger partial charge < -0.3 is 9.88 Å². The van der Waals surface area contributed by atoms with Crippen LogP contribution >= 0.6 is 0 Å². The van der Waals surface area contributed by atoms with Gasteiger partial charge in [0.1, 0.15) is 0 Å². The van der Waals surface area contributed by atoms with E-state index in [1.807, 2.05) is 23.6 Å². The summed E-state index contributed by atoms with van der Waals surface area (Å²) in [6, 6.07) is 4.85. The highest BCUT2D eigenvalue weighted by atomic mass is 16.1. The van der Waals surface area contributed by atoms with Gasteiger partial charge in [-0.2, -0.15) is 0 Å². The molecule has 18 heavy (non-hydrogen) atoms. The minimum Gasteiger partial charge on any atom is -0.310 e. The van der Waals surface area contributed by atoms with E-state index in [1.165, 1.54) is 25.7 Å². The van der Waals surface area contributed by atoms with Crippen molar-refractivity contribution in [2.75, 3.05) is 0 Å². The Bertz CT molecular complexity index is 456. The molecular formula is C15H24N2O. The molecule has 1 aromatic heterocycles. The highest BCUT2D eigenvalue weighted by Crippen LogP contribution is 2.17. The molecule has 100 valence electrons. The van der Waals surface area contributed by atoms with Crippen molar-refractivity contribution >= 4 is 0 Å². The van der Waals surface area contributed by atoms with Gasteiger partial charge >= 0.3 is 0 Å². The molecule has 1 saturated carbocycles. The molecule has 0 saturated heterocycles. The Labute approximate surface area is 109 Å². The van der Waals surface area contributed by atoms with E-state index in [-0.39, 0.29) is 11.6 Å². The van der Waals surface area contributed by atoms with Crippen LogP contribution in [0.3, 0.4) is 0 Å². The lowest BCUT2D eigenvalue weighted by atomic mass is 10.2. The van der Waals surface area contributed by atoms with Gasteiger partial charge in [0.2, 0.25) is 0 Å². The van der Waals surface area contributed by atoms with Gasteiger partial charge in [0.05, 0.1) is 0 Å². The molecule has 1 aliphatic rings. The van der Waals surface area contributed by atoms with Crippen LogP contribution in [0.25, 0.3) is 0 Å². The van der Waals surface area contributed by atoms with Crippen LogP contribution in [0, 0.1) is 6.92 Å². The fraction of sp³-hybridized carbons (Fsp3) is 0.667. The van der Waals surface area contributed by atoms with Crippen LogP contribution in [0.1, 0.15) is 56.8 Å². The van der Waals surface area contributed by atoms with Gasteiger partial charge in [-0.25, -0.2) is 0 Å². The Morgan fingerprint density at radius 1 is 1.33 bits per heavy atom. The first-order valence-electron chi connectivity index (χ1n) is 7.04. The van der Waals surface area contributed by atoms with E-state index in [4.69, 9.17) is 0 Å². The third-order valence-corrected chi connectivity index (χ3v) is 3.85. The average molecular weight is 248 g/mol. The molecular weight excluding hydrogens is 224 g/mol. The van der Waals surface area contributed by atoms with E-state index >= 15 is 0 Å². The molecule has 0 aliphatic heterocycles. The Balaban J connectivity index is 2.13. The normalized spacial score (nSPS) is 16.7. The molecule has 0 spiro atoms. The van der Waals surface area contributed by atoms with E-state index in [0.717, 1.165) is 11.3 Å². The van der Waals surface area contributed by atoms with E-state index in [1.54, 1.807) is 0 Å². The fourth-order valence-corrected chi connectivity index (χ4v) is 2.85. The largest absolute Gasteiger partial charge is 0.310 e. The highest BCUT2D eigenvalue weighted by Gasteiger charge is 2.15. The molecule has 0 bridgehead atoms. The maximum atomic E-state index is 12.4. The van der Waals surface area contributed by atoms with Gasteiger partial charge in [-0.3, -0.25) is 4.79 Å². The minimum atomic E-state index is 0.162. The number of rotatable bonds is 4. The SMILES string of the molecule is Cc1ccc(CNC2CCCC2)c(=O)n1C(C)C. The number of hydrogen-bond acceptors (Lipinski definition) is 2. The van der Waals surface area contributed by atoms with Crippen molar-refractivity contribution < 1.29 is 0 Å². The predicted molar refractivity (Wildman–Crippen MR) is 74.9 cm³/mol. The Morgan fingerprint density at radius 2 is 2.00 bits per heavy atom. The first-order valence-corrected chi connectivity index (χ1v) is 7.04. The second-order valence-corrected chi connectivity index (χ2v) is 5.63. The molecule has 0 atom stereocenters. The van der Waals surface area contributed by atoms with E-state index in [0.29, 0.717) is 12.6 Å². The van der Waals surface area contributed by atoms with Gasteiger partial charge in [-0.05, 0) is 39.7 Å². The quantitative estimate of drug-likeness (QED) is 0.889. The first kappa shape index (κ1) is 13.3. The lowest BCUT2D eigenvalue weighted by Gasteiger charge is -2.17. The maximum Gasteiger partial charge on any atom is 0.255 e. The Morgan fingerprint density at radius 3 is 2.61 bits per heavy atom. The second kappa shape index (κ2) is 5.70. The standard InChI is InChI=1S/C15H24N2O/c1-11(2)17-12(3)8-9-13(15(17)18)10-16-14-6-4-5-7-14/h8-9,11,14,16H,4-7,10H2,1-3H3. The van der Waals surface area contributed by atoms with Crippen LogP contribution in [0.2, 0.25) is 0 Å². The molecule has 1 aliphatic carbocycles. The molecule has 0 amide bonds. The predicted octanol–water partition coefficient (Wildman–Crippen LogP) is 2.77. The lowest BCUT2D eigenvalue weighted by Crippen LogP contribution is -2.32. The molecule has 1 heterocycles. The van der Waals surface area contributed by atoms with Crippen LogP contribution in [-0.4, -0.2) is 10.6 Å². The third-order valence-electron chi connectivity index (χ3n) is 3.85. The lowest BCUT2D eigenvalue weighted by molar-refractivity contribution is 0.511. The van der Waals surface area contributed by atoms with Crippen molar-refractivity contribution in [3.05, 3.63) is 33.7 Å². The fourth-order valence-electron chi connectivity index (χ4n) is 2.85. The summed E-state index contributed by atoms with van der Waals surface area (Å²) in [4.78, 5) is 12.4. The summed E-state index contributed by atoms with van der Waals surface area (Å²) in [6.45, 7) is 6.82. The number of aryl methyl sites for hydroxylation is 1. The monoisotopic (exact) mass is 248 g/mol. The molecule has 1 aromatic rings. The second-order valence-electron chi connectivity index (χ2n) is 5.63. The zero-order valence-electron chi connectivity index (χ0n) is 11.7. The number of pyridine rings is 1. The summed E-state index contributed by atoms with van der Waals surface area (Å²) in [5, 5.41) is 3.51. The summed E-state index contributed by atoms with van der Waals surface area (Å²) in [5.74, 6) is 0. The van der Waals surface area contributed by atoms with Crippen molar-refractivity contribution in [3.8, 4) is 0 Å². The zero-order chi connectivity index (χ0) is 13.1. The summed E-state index contributed by atoms with van der Waals surface area (Å²) in [6.07, 6.45) is 5.15. The van der Waals surface area contributed by atoms with Gasteiger partial charge in [0.25, 0.3) is 5.56 Å². The van der Waals surface area contributed by atoms with Gasteiger partial charge in [-0.1, -0.05) is 18.9 Å². The third kappa shape index (κ3) is 2.83. The zero-order valence-corrected chi connectivity index (χ0v) is 11.7. The van der Waals surface area contributed by atoms with Crippen molar-refractivity contribution in [1.82, 2.24) is 9.88 Å². The average Bonchev–Trinajstić information content (AvgIpc) is 2.80. The molecule has 3 nitrogen and oxygen atoms in total. The Hall–Kier alpha value is -1.09. The van der Waals surface area contributed by atoms with Crippen LogP contribution in [0.5, 0.6) is 0 Å². The molecule has 3 heteroatoms. The molecule has 1 fully saturated rings. The molecule has 2 rings (SSSR count). The minimum absolute atomic E-state index is 0.162. The molecule has 0 unspecified atom stereocenters. The van der Waals surface area contributed by atoms with Gasteiger partial charge in [0, 0.05) is 29.9 Å². The van der Waals surface area contributed by atoms with E-state index < -0.39 is 0 Å². The summed E-state index contributed by atoms with van der Waals surface area (Å²) < 4.78 is 1.88. The Kier molecular flexibility index (Phi) is 4.23. The number of aromatic nitrogens is 1. The number of nitrogens with one attached hydrogen (secondary N) is 1. The van der Waals surface area contributed by atoms with E-state index in [9.17, 15) is 4.79 Å². The first-order chi connectivity index (χ1) is 8.59. The van der Waals surface area contributed by atoms with Gasteiger partial charge in [0.15, 0.2) is 0 Å². The van der Waals surface area contributed by atoms with Crippen LogP contribution in [0.4, 0.5) is 0 Å². The van der Waals surface area contributed by atoms with Crippen LogP contribution in [0.15, 0.2) is 16.9 Å². The van der Waals surface area contributed by atoms with Crippen LogP contribution < -0.4 is 10.9 Å². The highest BCUT2D eigenvalue weighted by molar-refractivity contribution is 5.16. The summed E-state index contributed by atoms with van der Waals surface area (Å²) in [5.41, 5.74) is 2.09. The van der Waals surface area contributed by atoms with Gasteiger partial charge in [-0.15, -0.1) is 0 Å². The van der Waals surface area contributed by atoms with Crippen molar-refractivity contribution in [1.29, 1.82) is 0 Å². The summed E-state index contributed by atoms with van der Waals surface area (Å²) in [7, 11) is 0. The number of nitrogens with zero attached hydrogens (tertiary/aromatic N) is 1. The van der Waals surface area contributed by atoms with Crippen LogP contribution in [-0.2, 0) is 6.54 Å². The molecule has 0 aromatic carbocycles. The van der Waals surface area contributed by atoms with Crippen molar-refractivity contribution in [2.24, 2.45) is 0 Å². The summed E-state index contributed by atoms with van der Waals surface area (Å²) >= 11 is 0. The van der Waals surface area contributed by atoms with E-state index in [2.05, 4.69) is 19.2 Å².